The van der Waals surface area contributed by atoms with Crippen molar-refractivity contribution in [2.75, 3.05) is 13.1 Å². The van der Waals surface area contributed by atoms with E-state index in [1.807, 2.05) is 67.3 Å². The minimum Gasteiger partial charge on any atom is -0.488 e. The van der Waals surface area contributed by atoms with E-state index in [1.165, 1.54) is 0 Å². The molecule has 0 aliphatic carbocycles. The number of carbonyl (C=O) groups excluding carboxylic acids is 1. The molecule has 2 atom stereocenters. The van der Waals surface area contributed by atoms with Crippen LogP contribution in [0.15, 0.2) is 66.7 Å². The van der Waals surface area contributed by atoms with Gasteiger partial charge in [-0.3, -0.25) is 4.79 Å². The number of hydrogen-bond acceptors (Lipinski definition) is 3. The average molecular weight is 375 g/mol. The van der Waals surface area contributed by atoms with Crippen molar-refractivity contribution >= 4 is 16.7 Å². The summed E-state index contributed by atoms with van der Waals surface area (Å²) in [5.74, 6) is 0.929. The van der Waals surface area contributed by atoms with Gasteiger partial charge in [-0.1, -0.05) is 48.5 Å². The number of benzene rings is 3. The summed E-state index contributed by atoms with van der Waals surface area (Å²) in [6, 6.07) is 22.0. The van der Waals surface area contributed by atoms with Gasteiger partial charge in [0, 0.05) is 24.0 Å². The Bertz CT molecular complexity index is 952. The smallest absolute Gasteiger partial charge is 0.254 e. The molecule has 1 fully saturated rings. The summed E-state index contributed by atoms with van der Waals surface area (Å²) in [6.45, 7) is 5.74. The number of amides is 1. The normalized spacial score (nSPS) is 19.6. The zero-order valence-corrected chi connectivity index (χ0v) is 16.3. The quantitative estimate of drug-likeness (QED) is 0.665. The van der Waals surface area contributed by atoms with Crippen LogP contribution < -0.4 is 4.74 Å². The molecule has 0 bridgehead atoms. The van der Waals surface area contributed by atoms with Gasteiger partial charge in [0.25, 0.3) is 5.91 Å². The van der Waals surface area contributed by atoms with Crippen LogP contribution in [0.25, 0.3) is 10.8 Å². The first kappa shape index (κ1) is 18.5. The molecular weight excluding hydrogens is 350 g/mol. The Morgan fingerprint density at radius 3 is 2.39 bits per heavy atom. The Morgan fingerprint density at radius 1 is 0.964 bits per heavy atom. The van der Waals surface area contributed by atoms with Gasteiger partial charge in [0.1, 0.15) is 12.4 Å². The molecule has 0 saturated carbocycles. The molecule has 1 saturated heterocycles. The van der Waals surface area contributed by atoms with E-state index in [2.05, 4.69) is 18.2 Å². The maximum Gasteiger partial charge on any atom is 0.254 e. The number of ether oxygens (including phenoxy) is 2. The molecule has 4 heteroatoms. The molecule has 0 N–H and O–H groups in total. The van der Waals surface area contributed by atoms with E-state index in [9.17, 15) is 4.79 Å². The molecule has 1 amide bonds. The topological polar surface area (TPSA) is 38.8 Å². The van der Waals surface area contributed by atoms with Gasteiger partial charge in [-0.05, 0) is 43.0 Å². The Morgan fingerprint density at radius 2 is 1.64 bits per heavy atom. The van der Waals surface area contributed by atoms with Gasteiger partial charge in [-0.2, -0.15) is 0 Å². The molecule has 1 aliphatic rings. The monoisotopic (exact) mass is 375 g/mol. The van der Waals surface area contributed by atoms with Crippen LogP contribution in [0.2, 0.25) is 0 Å². The largest absolute Gasteiger partial charge is 0.488 e. The van der Waals surface area contributed by atoms with E-state index >= 15 is 0 Å². The maximum atomic E-state index is 12.8. The van der Waals surface area contributed by atoms with Crippen LogP contribution >= 0.6 is 0 Å². The van der Waals surface area contributed by atoms with Crippen LogP contribution in [0.1, 0.15) is 29.8 Å². The number of hydrogen-bond donors (Lipinski definition) is 0. The fourth-order valence-electron chi connectivity index (χ4n) is 3.75. The third kappa shape index (κ3) is 4.02. The molecule has 0 radical (unpaired) electrons. The van der Waals surface area contributed by atoms with E-state index in [0.29, 0.717) is 25.3 Å². The van der Waals surface area contributed by atoms with Crippen LogP contribution in [0, 0.1) is 0 Å². The van der Waals surface area contributed by atoms with Gasteiger partial charge >= 0.3 is 0 Å². The van der Waals surface area contributed by atoms with Gasteiger partial charge in [0.2, 0.25) is 0 Å². The SMILES string of the molecule is CC1CN(C(=O)c2ccc(COc3cccc4ccccc34)cc2)CC(C)O1. The highest BCUT2D eigenvalue weighted by atomic mass is 16.5. The summed E-state index contributed by atoms with van der Waals surface area (Å²) in [5.41, 5.74) is 1.74. The van der Waals surface area contributed by atoms with Crippen molar-refractivity contribution in [1.29, 1.82) is 0 Å². The predicted octanol–water partition coefficient (Wildman–Crippen LogP) is 4.67. The van der Waals surface area contributed by atoms with Crippen LogP contribution in [0.5, 0.6) is 5.75 Å². The van der Waals surface area contributed by atoms with Crippen LogP contribution in [0.4, 0.5) is 0 Å². The van der Waals surface area contributed by atoms with E-state index in [1.54, 1.807) is 0 Å². The Kier molecular flexibility index (Phi) is 5.31. The number of fused-ring (bicyclic) bond motifs is 1. The zero-order chi connectivity index (χ0) is 19.5. The van der Waals surface area contributed by atoms with Crippen LogP contribution in [0.3, 0.4) is 0 Å². The van der Waals surface area contributed by atoms with E-state index in [0.717, 1.165) is 22.1 Å². The summed E-state index contributed by atoms with van der Waals surface area (Å²) in [6.07, 6.45) is 0.141. The second kappa shape index (κ2) is 8.03. The van der Waals surface area contributed by atoms with Crippen molar-refractivity contribution in [3.63, 3.8) is 0 Å². The summed E-state index contributed by atoms with van der Waals surface area (Å²) in [4.78, 5) is 14.6. The molecule has 144 valence electrons. The molecular formula is C24H25NO3. The summed E-state index contributed by atoms with van der Waals surface area (Å²) < 4.78 is 11.8. The van der Waals surface area contributed by atoms with E-state index in [-0.39, 0.29) is 18.1 Å². The summed E-state index contributed by atoms with van der Waals surface area (Å²) in [7, 11) is 0. The molecule has 4 nitrogen and oxygen atoms in total. The second-order valence-corrected chi connectivity index (χ2v) is 7.43. The lowest BCUT2D eigenvalue weighted by Crippen LogP contribution is -2.48. The lowest BCUT2D eigenvalue weighted by molar-refractivity contribution is -0.0586. The first-order chi connectivity index (χ1) is 13.6. The van der Waals surface area contributed by atoms with Crippen molar-refractivity contribution in [3.8, 4) is 5.75 Å². The lowest BCUT2D eigenvalue weighted by Gasteiger charge is -2.35. The van der Waals surface area contributed by atoms with E-state index < -0.39 is 0 Å². The zero-order valence-electron chi connectivity index (χ0n) is 16.3. The maximum absolute atomic E-state index is 12.8. The van der Waals surface area contributed by atoms with Gasteiger partial charge in [0.15, 0.2) is 0 Å². The molecule has 0 aromatic heterocycles. The molecule has 3 aromatic rings. The lowest BCUT2D eigenvalue weighted by atomic mass is 10.1. The minimum absolute atomic E-state index is 0.0588. The molecule has 0 spiro atoms. The number of rotatable bonds is 4. The number of carbonyl (C=O) groups is 1. The van der Waals surface area contributed by atoms with Gasteiger partial charge < -0.3 is 14.4 Å². The Hall–Kier alpha value is -2.85. The van der Waals surface area contributed by atoms with Gasteiger partial charge in [-0.15, -0.1) is 0 Å². The first-order valence-corrected chi connectivity index (χ1v) is 9.74. The molecule has 4 rings (SSSR count). The summed E-state index contributed by atoms with van der Waals surface area (Å²) >= 11 is 0. The van der Waals surface area contributed by atoms with Crippen molar-refractivity contribution < 1.29 is 14.3 Å². The van der Waals surface area contributed by atoms with Gasteiger partial charge in [0.05, 0.1) is 12.2 Å². The Labute approximate surface area is 165 Å². The first-order valence-electron chi connectivity index (χ1n) is 9.74. The number of nitrogens with zero attached hydrogens (tertiary/aromatic N) is 1. The fraction of sp³-hybridized carbons (Fsp3) is 0.292. The number of morpholine rings is 1. The fourth-order valence-corrected chi connectivity index (χ4v) is 3.75. The summed E-state index contributed by atoms with van der Waals surface area (Å²) in [5, 5.41) is 2.27. The highest BCUT2D eigenvalue weighted by Crippen LogP contribution is 2.26. The molecule has 1 aliphatic heterocycles. The molecule has 3 aromatic carbocycles. The minimum atomic E-state index is 0.0588. The Balaban J connectivity index is 1.42. The van der Waals surface area contributed by atoms with Crippen molar-refractivity contribution in [1.82, 2.24) is 4.90 Å². The van der Waals surface area contributed by atoms with Crippen molar-refractivity contribution in [3.05, 3.63) is 77.9 Å². The highest BCUT2D eigenvalue weighted by molar-refractivity contribution is 5.94. The highest BCUT2D eigenvalue weighted by Gasteiger charge is 2.26. The van der Waals surface area contributed by atoms with Crippen LogP contribution in [-0.4, -0.2) is 36.1 Å². The van der Waals surface area contributed by atoms with Crippen molar-refractivity contribution in [2.24, 2.45) is 0 Å². The van der Waals surface area contributed by atoms with E-state index in [4.69, 9.17) is 9.47 Å². The molecule has 28 heavy (non-hydrogen) atoms. The standard InChI is InChI=1S/C24H25NO3/c1-17-14-25(15-18(2)28-17)24(26)21-12-10-19(11-13-21)16-27-23-9-5-7-20-6-3-4-8-22(20)23/h3-13,17-18H,14-16H2,1-2H3. The molecule has 1 heterocycles. The second-order valence-electron chi connectivity index (χ2n) is 7.43. The average Bonchev–Trinajstić information content (AvgIpc) is 2.71. The predicted molar refractivity (Wildman–Crippen MR) is 111 cm³/mol. The third-order valence-corrected chi connectivity index (χ3v) is 5.05. The van der Waals surface area contributed by atoms with Crippen molar-refractivity contribution in [2.45, 2.75) is 32.7 Å². The molecule has 2 unspecified atom stereocenters. The van der Waals surface area contributed by atoms with Crippen LogP contribution in [-0.2, 0) is 11.3 Å². The van der Waals surface area contributed by atoms with Gasteiger partial charge in [-0.25, -0.2) is 0 Å². The third-order valence-electron chi connectivity index (χ3n) is 5.05.